The first-order valence-electron chi connectivity index (χ1n) is 9.06. The fraction of sp³-hybridized carbons (Fsp3) is 0.417. The van der Waals surface area contributed by atoms with Gasteiger partial charge in [-0.1, -0.05) is 89.2 Å². The highest BCUT2D eigenvalue weighted by molar-refractivity contribution is 5.65. The summed E-state index contributed by atoms with van der Waals surface area (Å²) in [4.78, 5) is 0. The van der Waals surface area contributed by atoms with Crippen molar-refractivity contribution >= 4 is 5.57 Å². The van der Waals surface area contributed by atoms with Crippen molar-refractivity contribution in [1.29, 1.82) is 0 Å². The molecule has 0 N–H and O–H groups in total. The van der Waals surface area contributed by atoms with Crippen LogP contribution in [0.25, 0.3) is 5.57 Å². The molecule has 1 aliphatic rings. The van der Waals surface area contributed by atoms with Gasteiger partial charge in [0.05, 0.1) is 0 Å². The number of fused-ring (bicyclic) bond motifs is 1. The van der Waals surface area contributed by atoms with Crippen molar-refractivity contribution in [2.45, 2.75) is 64.7 Å². The molecule has 0 aliphatic heterocycles. The van der Waals surface area contributed by atoms with Crippen molar-refractivity contribution in [3.63, 3.8) is 0 Å². The maximum Gasteiger partial charge on any atom is 0.0186 e. The summed E-state index contributed by atoms with van der Waals surface area (Å²) in [6.07, 6.45) is 1.15. The highest BCUT2D eigenvalue weighted by atomic mass is 14.5. The van der Waals surface area contributed by atoms with E-state index in [4.69, 9.17) is 0 Å². The third-order valence-electron chi connectivity index (χ3n) is 5.85. The molecule has 0 amide bonds. The van der Waals surface area contributed by atoms with E-state index < -0.39 is 0 Å². The van der Waals surface area contributed by atoms with Gasteiger partial charge in [-0.2, -0.15) is 0 Å². The van der Waals surface area contributed by atoms with Crippen molar-refractivity contribution in [2.75, 3.05) is 0 Å². The van der Waals surface area contributed by atoms with E-state index in [0.717, 1.165) is 12.0 Å². The van der Waals surface area contributed by atoms with Crippen LogP contribution in [0.2, 0.25) is 0 Å². The molecule has 2 aromatic rings. The van der Waals surface area contributed by atoms with Crippen LogP contribution in [0, 0.1) is 0 Å². The van der Waals surface area contributed by atoms with Crippen LogP contribution < -0.4 is 0 Å². The van der Waals surface area contributed by atoms with Crippen LogP contribution in [0.3, 0.4) is 0 Å². The minimum Gasteiger partial charge on any atom is -0.0955 e. The average Bonchev–Trinajstić information content (AvgIpc) is 2.74. The van der Waals surface area contributed by atoms with E-state index in [1.165, 1.54) is 27.8 Å². The molecule has 0 saturated heterocycles. The van der Waals surface area contributed by atoms with Gasteiger partial charge in [-0.15, -0.1) is 0 Å². The Kier molecular flexibility index (Phi) is 3.98. The Labute approximate surface area is 147 Å². The first kappa shape index (κ1) is 17.0. The van der Waals surface area contributed by atoms with Gasteiger partial charge < -0.3 is 0 Å². The summed E-state index contributed by atoms with van der Waals surface area (Å²) in [6.45, 7) is 17.9. The van der Waals surface area contributed by atoms with Crippen LogP contribution in [0.1, 0.15) is 81.7 Å². The summed E-state index contributed by atoms with van der Waals surface area (Å²) in [5.74, 6) is 0.578. The van der Waals surface area contributed by atoms with Gasteiger partial charge in [0.2, 0.25) is 0 Å². The van der Waals surface area contributed by atoms with Crippen LogP contribution in [0.5, 0.6) is 0 Å². The largest absolute Gasteiger partial charge is 0.0955 e. The number of hydrogen-bond acceptors (Lipinski definition) is 0. The molecule has 0 saturated carbocycles. The van der Waals surface area contributed by atoms with Crippen LogP contribution in [0.15, 0.2) is 49.0 Å². The van der Waals surface area contributed by atoms with Gasteiger partial charge in [0.25, 0.3) is 0 Å². The molecule has 1 atom stereocenters. The normalized spacial score (nSPS) is 21.8. The molecule has 0 aromatic heterocycles. The summed E-state index contributed by atoms with van der Waals surface area (Å²) in [5, 5.41) is 0. The van der Waals surface area contributed by atoms with Gasteiger partial charge in [-0.05, 0) is 52.5 Å². The van der Waals surface area contributed by atoms with E-state index in [2.05, 4.69) is 90.6 Å². The molecule has 126 valence electrons. The monoisotopic (exact) mass is 318 g/mol. The minimum absolute atomic E-state index is 0.0692. The van der Waals surface area contributed by atoms with E-state index in [1.807, 2.05) is 0 Å². The fourth-order valence-electron chi connectivity index (χ4n) is 4.42. The summed E-state index contributed by atoms with van der Waals surface area (Å²) >= 11 is 0. The molecule has 0 nitrogen and oxygen atoms in total. The molecule has 0 radical (unpaired) electrons. The van der Waals surface area contributed by atoms with Gasteiger partial charge >= 0.3 is 0 Å². The highest BCUT2D eigenvalue weighted by Gasteiger charge is 2.45. The highest BCUT2D eigenvalue weighted by Crippen LogP contribution is 2.53. The SMILES string of the molecule is C=C(C)c1ccc2c(c1)C(C)(c1ccc(C(C)C)cc1)CC2(C)C. The predicted octanol–water partition coefficient (Wildman–Crippen LogP) is 6.83. The molecule has 2 aromatic carbocycles. The second-order valence-corrected chi connectivity index (χ2v) is 8.71. The summed E-state index contributed by atoms with van der Waals surface area (Å²) < 4.78 is 0. The molecule has 0 fully saturated rings. The van der Waals surface area contributed by atoms with Crippen LogP contribution in [-0.4, -0.2) is 0 Å². The molecular weight excluding hydrogens is 288 g/mol. The third-order valence-corrected chi connectivity index (χ3v) is 5.85. The summed E-state index contributed by atoms with van der Waals surface area (Å²) in [5.41, 5.74) is 8.48. The number of hydrogen-bond donors (Lipinski definition) is 0. The third kappa shape index (κ3) is 2.62. The first-order chi connectivity index (χ1) is 11.1. The lowest BCUT2D eigenvalue weighted by Crippen LogP contribution is -2.23. The lowest BCUT2D eigenvalue weighted by atomic mass is 9.74. The number of allylic oxidation sites excluding steroid dienone is 1. The predicted molar refractivity (Wildman–Crippen MR) is 106 cm³/mol. The Morgan fingerprint density at radius 1 is 0.958 bits per heavy atom. The standard InChI is InChI=1S/C24H30/c1-16(2)18-8-11-20(12-9-18)24(7)15-23(5,6)21-13-10-19(17(3)4)14-22(21)24/h8-14,16H,3,15H2,1-2,4-7H3. The van der Waals surface area contributed by atoms with E-state index >= 15 is 0 Å². The zero-order chi connectivity index (χ0) is 17.7. The number of benzene rings is 2. The van der Waals surface area contributed by atoms with Crippen LogP contribution in [0.4, 0.5) is 0 Å². The number of rotatable bonds is 3. The van der Waals surface area contributed by atoms with Crippen molar-refractivity contribution < 1.29 is 0 Å². The van der Waals surface area contributed by atoms with Crippen molar-refractivity contribution in [3.05, 3.63) is 76.9 Å². The smallest absolute Gasteiger partial charge is 0.0186 e. The Bertz CT molecular complexity index is 774. The van der Waals surface area contributed by atoms with Gasteiger partial charge in [0.1, 0.15) is 0 Å². The molecule has 0 bridgehead atoms. The average molecular weight is 319 g/mol. The van der Waals surface area contributed by atoms with Gasteiger partial charge in [0.15, 0.2) is 0 Å². The van der Waals surface area contributed by atoms with E-state index in [0.29, 0.717) is 5.92 Å². The molecule has 0 heteroatoms. The van der Waals surface area contributed by atoms with Crippen molar-refractivity contribution in [1.82, 2.24) is 0 Å². The maximum absolute atomic E-state index is 4.14. The summed E-state index contributed by atoms with van der Waals surface area (Å²) in [6, 6.07) is 16.2. The lowest BCUT2D eigenvalue weighted by Gasteiger charge is -2.29. The Morgan fingerprint density at radius 3 is 2.12 bits per heavy atom. The fourth-order valence-corrected chi connectivity index (χ4v) is 4.42. The van der Waals surface area contributed by atoms with Crippen LogP contribution in [-0.2, 0) is 10.8 Å². The Balaban J connectivity index is 2.15. The molecule has 24 heavy (non-hydrogen) atoms. The zero-order valence-corrected chi connectivity index (χ0v) is 16.0. The van der Waals surface area contributed by atoms with E-state index in [-0.39, 0.29) is 10.8 Å². The Morgan fingerprint density at radius 2 is 1.58 bits per heavy atom. The molecule has 0 spiro atoms. The van der Waals surface area contributed by atoms with Crippen LogP contribution >= 0.6 is 0 Å². The van der Waals surface area contributed by atoms with Crippen molar-refractivity contribution in [3.8, 4) is 0 Å². The maximum atomic E-state index is 4.14. The van der Waals surface area contributed by atoms with Gasteiger partial charge in [0, 0.05) is 5.41 Å². The van der Waals surface area contributed by atoms with Crippen molar-refractivity contribution in [2.24, 2.45) is 0 Å². The first-order valence-corrected chi connectivity index (χ1v) is 9.06. The van der Waals surface area contributed by atoms with Gasteiger partial charge in [-0.25, -0.2) is 0 Å². The molecule has 1 aliphatic carbocycles. The minimum atomic E-state index is 0.0692. The Hall–Kier alpha value is -1.82. The molecule has 3 rings (SSSR count). The second-order valence-electron chi connectivity index (χ2n) is 8.71. The zero-order valence-electron chi connectivity index (χ0n) is 16.0. The molecule has 0 heterocycles. The second kappa shape index (κ2) is 5.62. The lowest BCUT2D eigenvalue weighted by molar-refractivity contribution is 0.425. The van der Waals surface area contributed by atoms with E-state index in [9.17, 15) is 0 Å². The topological polar surface area (TPSA) is 0 Å². The molecular formula is C24H30. The quantitative estimate of drug-likeness (QED) is 0.581. The van der Waals surface area contributed by atoms with Gasteiger partial charge in [-0.3, -0.25) is 0 Å². The molecule has 1 unspecified atom stereocenters. The summed E-state index contributed by atoms with van der Waals surface area (Å²) in [7, 11) is 0. The van der Waals surface area contributed by atoms with E-state index in [1.54, 1.807) is 0 Å².